The van der Waals surface area contributed by atoms with Crippen LogP contribution < -0.4 is 14.5 Å². The van der Waals surface area contributed by atoms with E-state index >= 15 is 0 Å². The average Bonchev–Trinajstić information content (AvgIpc) is 3.43. The minimum absolute atomic E-state index is 0.0747. The van der Waals surface area contributed by atoms with Crippen molar-refractivity contribution in [1.82, 2.24) is 9.88 Å². The van der Waals surface area contributed by atoms with Gasteiger partial charge < -0.3 is 14.5 Å². The van der Waals surface area contributed by atoms with E-state index in [1.807, 2.05) is 12.1 Å². The number of anilines is 2. The third kappa shape index (κ3) is 3.91. The molecule has 3 amide bonds. The number of methoxy groups -OCH3 is 1. The zero-order chi connectivity index (χ0) is 23.1. The largest absolute Gasteiger partial charge is 0.494 e. The second-order valence-electron chi connectivity index (χ2n) is 7.87. The van der Waals surface area contributed by atoms with Crippen LogP contribution in [-0.4, -0.2) is 60.9 Å². The van der Waals surface area contributed by atoms with E-state index in [4.69, 9.17) is 21.3 Å². The average molecular weight is 485 g/mol. The summed E-state index contributed by atoms with van der Waals surface area (Å²) < 4.78 is 6.30. The van der Waals surface area contributed by atoms with Crippen molar-refractivity contribution in [2.24, 2.45) is 0 Å². The van der Waals surface area contributed by atoms with E-state index in [1.54, 1.807) is 36.3 Å². The molecule has 5 rings (SSSR count). The fourth-order valence-corrected chi connectivity index (χ4v) is 5.45. The number of nitrogens with zero attached hydrogens (tertiary/aromatic N) is 4. The molecule has 0 bridgehead atoms. The molecule has 10 heteroatoms. The van der Waals surface area contributed by atoms with Gasteiger partial charge in [0, 0.05) is 44.6 Å². The predicted octanol–water partition coefficient (Wildman–Crippen LogP) is 3.57. The van der Waals surface area contributed by atoms with Gasteiger partial charge in [-0.15, -0.1) is 0 Å². The molecule has 3 heterocycles. The summed E-state index contributed by atoms with van der Waals surface area (Å²) in [5, 5.41) is 1.50. The number of hydrogen-bond donors (Lipinski definition) is 0. The van der Waals surface area contributed by atoms with Crippen LogP contribution in [0.15, 0.2) is 36.4 Å². The quantitative estimate of drug-likeness (QED) is 0.526. The van der Waals surface area contributed by atoms with Crippen LogP contribution in [0.25, 0.3) is 10.2 Å². The van der Waals surface area contributed by atoms with E-state index in [-0.39, 0.29) is 30.6 Å². The van der Waals surface area contributed by atoms with Gasteiger partial charge in [0.2, 0.25) is 11.8 Å². The second-order valence-corrected chi connectivity index (χ2v) is 9.26. The van der Waals surface area contributed by atoms with Crippen LogP contribution in [0.4, 0.5) is 10.8 Å². The highest BCUT2D eigenvalue weighted by atomic mass is 35.5. The number of rotatable bonds is 4. The molecule has 8 nitrogen and oxygen atoms in total. The molecule has 0 atom stereocenters. The van der Waals surface area contributed by atoms with E-state index in [1.165, 1.54) is 16.2 Å². The van der Waals surface area contributed by atoms with Gasteiger partial charge in [0.25, 0.3) is 5.91 Å². The normalized spacial score (nSPS) is 16.7. The van der Waals surface area contributed by atoms with Gasteiger partial charge in [0.05, 0.1) is 22.5 Å². The van der Waals surface area contributed by atoms with Crippen LogP contribution in [-0.2, 0) is 9.59 Å². The lowest BCUT2D eigenvalue weighted by atomic mass is 10.1. The maximum absolute atomic E-state index is 13.0. The van der Waals surface area contributed by atoms with E-state index in [9.17, 15) is 14.4 Å². The first-order valence-corrected chi connectivity index (χ1v) is 11.8. The Morgan fingerprint density at radius 1 is 1.00 bits per heavy atom. The first-order chi connectivity index (χ1) is 16.0. The van der Waals surface area contributed by atoms with Gasteiger partial charge in [-0.2, -0.15) is 0 Å². The number of fused-ring (bicyclic) bond motifs is 1. The Morgan fingerprint density at radius 3 is 2.30 bits per heavy atom. The third-order valence-corrected chi connectivity index (χ3v) is 7.50. The van der Waals surface area contributed by atoms with Gasteiger partial charge in [0.15, 0.2) is 5.13 Å². The number of amides is 3. The molecule has 0 aliphatic carbocycles. The van der Waals surface area contributed by atoms with Gasteiger partial charge >= 0.3 is 0 Å². The SMILES string of the molecule is COc1ccc(Cl)c2sc(N3CCN(C(=O)c4ccc(N5C(=O)CCC5=O)cc4)CC3)nc12. The molecule has 2 fully saturated rings. The molecular weight excluding hydrogens is 464 g/mol. The van der Waals surface area contributed by atoms with Crippen LogP contribution in [0, 0.1) is 0 Å². The van der Waals surface area contributed by atoms with E-state index < -0.39 is 0 Å². The zero-order valence-corrected chi connectivity index (χ0v) is 19.5. The molecule has 2 saturated heterocycles. The monoisotopic (exact) mass is 484 g/mol. The van der Waals surface area contributed by atoms with Crippen molar-refractivity contribution in [2.45, 2.75) is 12.8 Å². The first kappa shape index (κ1) is 21.7. The van der Waals surface area contributed by atoms with E-state index in [0.717, 1.165) is 15.3 Å². The summed E-state index contributed by atoms with van der Waals surface area (Å²) in [6.07, 6.45) is 0.467. The molecule has 0 saturated carbocycles. The molecule has 170 valence electrons. The standard InChI is InChI=1S/C23H21ClN4O4S/c1-32-17-7-6-16(24)21-20(17)25-23(33-21)27-12-10-26(11-13-27)22(31)14-2-4-15(5-3-14)28-18(29)8-9-19(28)30/h2-7H,8-13H2,1H3. The lowest BCUT2D eigenvalue weighted by Gasteiger charge is -2.34. The Hall–Kier alpha value is -3.17. The molecule has 1 aromatic heterocycles. The number of aromatic nitrogens is 1. The van der Waals surface area contributed by atoms with Crippen molar-refractivity contribution in [3.63, 3.8) is 0 Å². The number of piperazine rings is 1. The summed E-state index contributed by atoms with van der Waals surface area (Å²) in [7, 11) is 1.61. The Kier molecular flexibility index (Phi) is 5.67. The summed E-state index contributed by atoms with van der Waals surface area (Å²) in [5.74, 6) is 0.202. The van der Waals surface area contributed by atoms with Crippen molar-refractivity contribution in [3.05, 3.63) is 47.0 Å². The molecule has 2 aliphatic rings. The highest BCUT2D eigenvalue weighted by Gasteiger charge is 2.30. The fourth-order valence-electron chi connectivity index (χ4n) is 4.14. The molecular formula is C23H21ClN4O4S. The smallest absolute Gasteiger partial charge is 0.253 e. The van der Waals surface area contributed by atoms with Gasteiger partial charge in [-0.05, 0) is 36.4 Å². The topological polar surface area (TPSA) is 83.0 Å². The van der Waals surface area contributed by atoms with Gasteiger partial charge in [-0.25, -0.2) is 4.98 Å². The lowest BCUT2D eigenvalue weighted by Crippen LogP contribution is -2.48. The third-order valence-electron chi connectivity index (χ3n) is 5.93. The Labute approximate surface area is 199 Å². The molecule has 33 heavy (non-hydrogen) atoms. The first-order valence-electron chi connectivity index (χ1n) is 10.6. The number of ether oxygens (including phenoxy) is 1. The number of carbonyl (C=O) groups excluding carboxylic acids is 3. The molecule has 0 radical (unpaired) electrons. The maximum Gasteiger partial charge on any atom is 0.253 e. The lowest BCUT2D eigenvalue weighted by molar-refractivity contribution is -0.121. The predicted molar refractivity (Wildman–Crippen MR) is 127 cm³/mol. The minimum atomic E-state index is -0.205. The van der Waals surface area contributed by atoms with Gasteiger partial charge in [0.1, 0.15) is 11.3 Å². The van der Waals surface area contributed by atoms with Gasteiger partial charge in [-0.1, -0.05) is 22.9 Å². The molecule has 3 aromatic rings. The summed E-state index contributed by atoms with van der Waals surface area (Å²) in [4.78, 5) is 46.7. The number of imide groups is 1. The highest BCUT2D eigenvalue weighted by molar-refractivity contribution is 7.22. The minimum Gasteiger partial charge on any atom is -0.494 e. The highest BCUT2D eigenvalue weighted by Crippen LogP contribution is 2.39. The zero-order valence-electron chi connectivity index (χ0n) is 17.9. The summed E-state index contributed by atoms with van der Waals surface area (Å²) >= 11 is 7.86. The van der Waals surface area contributed by atoms with Crippen molar-refractivity contribution < 1.29 is 19.1 Å². The second kappa shape index (κ2) is 8.64. The van der Waals surface area contributed by atoms with Crippen molar-refractivity contribution in [1.29, 1.82) is 0 Å². The molecule has 0 unspecified atom stereocenters. The Balaban J connectivity index is 1.26. The molecule has 2 aromatic carbocycles. The molecule has 0 N–H and O–H groups in total. The number of thiazole rings is 1. The molecule has 2 aliphatic heterocycles. The maximum atomic E-state index is 13.0. The molecule has 0 spiro atoms. The van der Waals surface area contributed by atoms with Crippen molar-refractivity contribution in [3.8, 4) is 5.75 Å². The van der Waals surface area contributed by atoms with Crippen LogP contribution in [0.2, 0.25) is 5.02 Å². The van der Waals surface area contributed by atoms with Crippen LogP contribution in [0.3, 0.4) is 0 Å². The number of halogens is 1. The summed E-state index contributed by atoms with van der Waals surface area (Å²) in [6, 6.07) is 10.3. The van der Waals surface area contributed by atoms with Crippen LogP contribution in [0.1, 0.15) is 23.2 Å². The van der Waals surface area contributed by atoms with Gasteiger partial charge in [-0.3, -0.25) is 19.3 Å². The van der Waals surface area contributed by atoms with Crippen LogP contribution in [0.5, 0.6) is 5.75 Å². The summed E-state index contributed by atoms with van der Waals surface area (Å²) in [5.41, 5.74) is 1.79. The summed E-state index contributed by atoms with van der Waals surface area (Å²) in [6.45, 7) is 2.43. The number of benzene rings is 2. The Morgan fingerprint density at radius 2 is 1.67 bits per heavy atom. The van der Waals surface area contributed by atoms with Crippen molar-refractivity contribution >= 4 is 61.7 Å². The number of carbonyl (C=O) groups is 3. The van der Waals surface area contributed by atoms with E-state index in [2.05, 4.69) is 4.90 Å². The number of hydrogen-bond acceptors (Lipinski definition) is 7. The van der Waals surface area contributed by atoms with E-state index in [0.29, 0.717) is 48.2 Å². The van der Waals surface area contributed by atoms with Crippen LogP contribution >= 0.6 is 22.9 Å². The fraction of sp³-hybridized carbons (Fsp3) is 0.304. The van der Waals surface area contributed by atoms with Crippen molar-refractivity contribution in [2.75, 3.05) is 43.1 Å². The Bertz CT molecular complexity index is 1240.